The Morgan fingerprint density at radius 1 is 1.35 bits per heavy atom. The summed E-state index contributed by atoms with van der Waals surface area (Å²) in [6.07, 6.45) is 1.65. The number of rotatable bonds is 4. The molecule has 6 heteroatoms. The first-order valence-corrected chi connectivity index (χ1v) is 7.72. The minimum absolute atomic E-state index is 0.0938. The third kappa shape index (κ3) is 3.28. The fourth-order valence-corrected chi connectivity index (χ4v) is 2.55. The van der Waals surface area contributed by atoms with Gasteiger partial charge in [0.15, 0.2) is 17.1 Å². The fourth-order valence-electron chi connectivity index (χ4n) is 2.13. The Balaban J connectivity index is 1.99. The van der Waals surface area contributed by atoms with E-state index < -0.39 is 0 Å². The molecule has 118 valence electrons. The number of phenolic OH excluding ortho intramolecular Hbond substituents is 1. The molecule has 0 bridgehead atoms. The average molecular weight is 350 g/mol. The summed E-state index contributed by atoms with van der Waals surface area (Å²) in [6, 6.07) is 10.6. The van der Waals surface area contributed by atoms with Crippen LogP contribution in [0.5, 0.6) is 11.5 Å². The quantitative estimate of drug-likeness (QED) is 0.692. The van der Waals surface area contributed by atoms with Gasteiger partial charge >= 0.3 is 0 Å². The minimum atomic E-state index is -0.0938. The van der Waals surface area contributed by atoms with Crippen molar-refractivity contribution in [2.24, 2.45) is 0 Å². The lowest BCUT2D eigenvalue weighted by atomic mass is 10.2. The van der Waals surface area contributed by atoms with Crippen LogP contribution in [0.2, 0.25) is 5.02 Å². The minimum Gasteiger partial charge on any atom is -0.503 e. The lowest BCUT2D eigenvalue weighted by Crippen LogP contribution is -1.92. The summed E-state index contributed by atoms with van der Waals surface area (Å²) in [5.41, 5.74) is 2.06. The summed E-state index contributed by atoms with van der Waals surface area (Å²) in [6.45, 7) is 2.23. The number of fused-ring (bicyclic) bond motifs is 1. The number of ether oxygens (including phenoxy) is 1. The van der Waals surface area contributed by atoms with Crippen molar-refractivity contribution in [1.29, 1.82) is 0 Å². The Kier molecular flexibility index (Phi) is 4.46. The average Bonchev–Trinajstić information content (AvgIpc) is 2.96. The molecule has 1 heterocycles. The molecule has 4 nitrogen and oxygen atoms in total. The molecule has 0 aliphatic rings. The third-order valence-electron chi connectivity index (χ3n) is 3.14. The zero-order valence-corrected chi connectivity index (χ0v) is 13.7. The second-order valence-electron chi connectivity index (χ2n) is 4.76. The van der Waals surface area contributed by atoms with E-state index in [9.17, 15) is 5.11 Å². The van der Waals surface area contributed by atoms with Gasteiger partial charge in [-0.25, -0.2) is 4.98 Å². The lowest BCUT2D eigenvalue weighted by molar-refractivity contribution is 0.318. The standard InChI is InChI=1S/C17H13Cl2NO3/c1-2-22-15-9-10(7-11(18)16(15)21)8-12(19)17-20-13-5-3-4-6-14(13)23-17/h3-9,21H,2H2,1H3/b12-8-. The van der Waals surface area contributed by atoms with Crippen molar-refractivity contribution in [1.82, 2.24) is 4.98 Å². The van der Waals surface area contributed by atoms with E-state index in [4.69, 9.17) is 32.4 Å². The molecule has 0 aliphatic carbocycles. The summed E-state index contributed by atoms with van der Waals surface area (Å²) in [7, 11) is 0. The van der Waals surface area contributed by atoms with Gasteiger partial charge in [0.25, 0.3) is 0 Å². The normalized spacial score (nSPS) is 11.9. The smallest absolute Gasteiger partial charge is 0.238 e. The van der Waals surface area contributed by atoms with Gasteiger partial charge in [0.2, 0.25) is 5.89 Å². The van der Waals surface area contributed by atoms with E-state index in [1.165, 1.54) is 0 Å². The topological polar surface area (TPSA) is 55.5 Å². The van der Waals surface area contributed by atoms with Gasteiger partial charge < -0.3 is 14.3 Å². The van der Waals surface area contributed by atoms with Crippen molar-refractivity contribution in [3.05, 3.63) is 52.9 Å². The number of benzene rings is 2. The molecule has 0 spiro atoms. The number of oxazole rings is 1. The van der Waals surface area contributed by atoms with E-state index in [2.05, 4.69) is 4.98 Å². The Morgan fingerprint density at radius 3 is 2.87 bits per heavy atom. The first kappa shape index (κ1) is 15.7. The van der Waals surface area contributed by atoms with Crippen LogP contribution in [0.15, 0.2) is 40.8 Å². The van der Waals surface area contributed by atoms with Crippen LogP contribution < -0.4 is 4.74 Å². The van der Waals surface area contributed by atoms with Crippen LogP contribution in [0, 0.1) is 0 Å². The molecule has 0 unspecified atom stereocenters. The molecular weight excluding hydrogens is 337 g/mol. The van der Waals surface area contributed by atoms with Crippen molar-refractivity contribution in [3.63, 3.8) is 0 Å². The zero-order chi connectivity index (χ0) is 16.4. The van der Waals surface area contributed by atoms with Gasteiger partial charge in [0.1, 0.15) is 10.5 Å². The molecule has 0 saturated carbocycles. The van der Waals surface area contributed by atoms with Crippen LogP contribution in [0.25, 0.3) is 22.2 Å². The molecule has 1 N–H and O–H groups in total. The Labute approximate surface area is 142 Å². The maximum Gasteiger partial charge on any atom is 0.238 e. The third-order valence-corrected chi connectivity index (χ3v) is 3.70. The molecule has 3 aromatic rings. The van der Waals surface area contributed by atoms with Crippen LogP contribution in [0.1, 0.15) is 18.4 Å². The predicted octanol–water partition coefficient (Wildman–Crippen LogP) is 5.32. The second kappa shape index (κ2) is 6.52. The summed E-state index contributed by atoms with van der Waals surface area (Å²) < 4.78 is 11.0. The highest BCUT2D eigenvalue weighted by atomic mass is 35.5. The molecule has 3 rings (SSSR count). The number of halogens is 2. The van der Waals surface area contributed by atoms with Crippen LogP contribution in [-0.4, -0.2) is 16.7 Å². The highest BCUT2D eigenvalue weighted by Crippen LogP contribution is 2.36. The Hall–Kier alpha value is -2.17. The van der Waals surface area contributed by atoms with Gasteiger partial charge in [-0.1, -0.05) is 35.3 Å². The maximum atomic E-state index is 9.86. The van der Waals surface area contributed by atoms with E-state index in [0.29, 0.717) is 34.4 Å². The first-order valence-electron chi connectivity index (χ1n) is 6.97. The highest BCUT2D eigenvalue weighted by molar-refractivity contribution is 6.50. The van der Waals surface area contributed by atoms with Crippen molar-refractivity contribution in [3.8, 4) is 11.5 Å². The molecule has 0 radical (unpaired) electrons. The molecule has 1 aromatic heterocycles. The van der Waals surface area contributed by atoms with Gasteiger partial charge in [-0.15, -0.1) is 0 Å². The number of nitrogens with zero attached hydrogens (tertiary/aromatic N) is 1. The van der Waals surface area contributed by atoms with Crippen LogP contribution >= 0.6 is 23.2 Å². The van der Waals surface area contributed by atoms with Gasteiger partial charge in [-0.05, 0) is 42.8 Å². The molecule has 23 heavy (non-hydrogen) atoms. The van der Waals surface area contributed by atoms with Gasteiger partial charge in [0, 0.05) is 0 Å². The molecule has 0 saturated heterocycles. The fraction of sp³-hybridized carbons (Fsp3) is 0.118. The lowest BCUT2D eigenvalue weighted by Gasteiger charge is -2.08. The van der Waals surface area contributed by atoms with E-state index in [-0.39, 0.29) is 10.8 Å². The highest BCUT2D eigenvalue weighted by Gasteiger charge is 2.12. The predicted molar refractivity (Wildman–Crippen MR) is 92.0 cm³/mol. The maximum absolute atomic E-state index is 9.86. The number of hydrogen-bond donors (Lipinski definition) is 1. The summed E-state index contributed by atoms with van der Waals surface area (Å²) in [5, 5.41) is 10.4. The van der Waals surface area contributed by atoms with Crippen molar-refractivity contribution in [2.75, 3.05) is 6.61 Å². The molecule has 0 atom stereocenters. The molecule has 0 amide bonds. The Morgan fingerprint density at radius 2 is 2.13 bits per heavy atom. The number of hydrogen-bond acceptors (Lipinski definition) is 4. The van der Waals surface area contributed by atoms with Gasteiger partial charge in [-0.2, -0.15) is 0 Å². The second-order valence-corrected chi connectivity index (χ2v) is 5.58. The summed E-state index contributed by atoms with van der Waals surface area (Å²) in [5.74, 6) is 0.520. The van der Waals surface area contributed by atoms with E-state index in [1.807, 2.05) is 31.2 Å². The number of para-hydroxylation sites is 2. The van der Waals surface area contributed by atoms with Crippen LogP contribution in [0.4, 0.5) is 0 Å². The van der Waals surface area contributed by atoms with Crippen molar-refractivity contribution in [2.45, 2.75) is 6.92 Å². The van der Waals surface area contributed by atoms with Crippen LogP contribution in [0.3, 0.4) is 0 Å². The molecule has 0 aliphatic heterocycles. The van der Waals surface area contributed by atoms with Gasteiger partial charge in [0.05, 0.1) is 11.6 Å². The number of aromatic hydroxyl groups is 1. The van der Waals surface area contributed by atoms with Crippen molar-refractivity contribution < 1.29 is 14.3 Å². The van der Waals surface area contributed by atoms with E-state index in [0.717, 1.165) is 5.52 Å². The first-order chi connectivity index (χ1) is 11.1. The zero-order valence-electron chi connectivity index (χ0n) is 12.2. The Bertz CT molecular complexity index is 854. The summed E-state index contributed by atoms with van der Waals surface area (Å²) >= 11 is 12.3. The van der Waals surface area contributed by atoms with Crippen LogP contribution in [-0.2, 0) is 0 Å². The van der Waals surface area contributed by atoms with Gasteiger partial charge in [-0.3, -0.25) is 0 Å². The molecule has 2 aromatic carbocycles. The number of aromatic nitrogens is 1. The molecular formula is C17H13Cl2NO3. The SMILES string of the molecule is CCOc1cc(/C=C(\Cl)c2nc3ccccc3o2)cc(Cl)c1O. The van der Waals surface area contributed by atoms with E-state index in [1.54, 1.807) is 18.2 Å². The van der Waals surface area contributed by atoms with Crippen molar-refractivity contribution >= 4 is 45.4 Å². The largest absolute Gasteiger partial charge is 0.503 e. The molecule has 0 fully saturated rings. The van der Waals surface area contributed by atoms with E-state index >= 15 is 0 Å². The summed E-state index contributed by atoms with van der Waals surface area (Å²) in [4.78, 5) is 4.33. The monoisotopic (exact) mass is 349 g/mol. The number of phenols is 1.